The summed E-state index contributed by atoms with van der Waals surface area (Å²) in [7, 11) is 0. The smallest absolute Gasteiger partial charge is 0.0378 e. The summed E-state index contributed by atoms with van der Waals surface area (Å²) in [5.41, 5.74) is 3.99. The molecule has 0 amide bonds. The topological polar surface area (TPSA) is 0 Å². The van der Waals surface area contributed by atoms with E-state index in [1.807, 2.05) is 0 Å². The lowest BCUT2D eigenvalue weighted by molar-refractivity contribution is 0.233. The monoisotopic (exact) mass is 683 g/mol. The van der Waals surface area contributed by atoms with E-state index in [4.69, 9.17) is 0 Å². The van der Waals surface area contributed by atoms with Crippen LogP contribution in [0.2, 0.25) is 0 Å². The van der Waals surface area contributed by atoms with E-state index in [2.05, 4.69) is 166 Å². The van der Waals surface area contributed by atoms with Gasteiger partial charge in [0.2, 0.25) is 0 Å². The summed E-state index contributed by atoms with van der Waals surface area (Å²) in [5, 5.41) is 0. The lowest BCUT2D eigenvalue weighted by Crippen LogP contribution is -2.16. The van der Waals surface area contributed by atoms with Gasteiger partial charge in [-0.05, 0) is 81.8 Å². The van der Waals surface area contributed by atoms with Crippen LogP contribution in [-0.4, -0.2) is 0 Å². The first-order chi connectivity index (χ1) is 16.3. The first-order valence-corrected chi connectivity index (χ1v) is 16.3. The zero-order chi connectivity index (χ0) is 32.9. The van der Waals surface area contributed by atoms with Gasteiger partial charge in [-0.15, -0.1) is 0 Å². The summed E-state index contributed by atoms with van der Waals surface area (Å²) in [6.45, 7) is 55.2. The van der Waals surface area contributed by atoms with Crippen LogP contribution in [0, 0.1) is 43.3 Å². The second kappa shape index (κ2) is 30.8. The molecule has 0 saturated heterocycles. The fourth-order valence-electron chi connectivity index (χ4n) is 5.08. The quantitative estimate of drug-likeness (QED) is 0.278. The van der Waals surface area contributed by atoms with E-state index in [1.165, 1.54) is 44.9 Å². The van der Waals surface area contributed by atoms with Gasteiger partial charge >= 0.3 is 0 Å². The van der Waals surface area contributed by atoms with Crippen molar-refractivity contribution >= 4 is 0 Å². The molecular weight excluding hydrogens is 565 g/mol. The van der Waals surface area contributed by atoms with E-state index in [0.29, 0.717) is 43.3 Å². The minimum atomic E-state index is 0. The van der Waals surface area contributed by atoms with Gasteiger partial charge in [0.15, 0.2) is 0 Å². The van der Waals surface area contributed by atoms with Crippen molar-refractivity contribution in [2.75, 3.05) is 0 Å². The summed E-state index contributed by atoms with van der Waals surface area (Å²) in [6.07, 6.45) is 9.31. The molecule has 0 atom stereocenters. The molecule has 47 heavy (non-hydrogen) atoms. The highest BCUT2D eigenvalue weighted by atomic mass is 14.3. The molecule has 0 heterocycles. The first kappa shape index (κ1) is 81.2. The molecule has 0 aromatic rings. The summed E-state index contributed by atoms with van der Waals surface area (Å²) < 4.78 is 0. The fraction of sp³-hybridized carbons (Fsp3) is 1.00. The van der Waals surface area contributed by atoms with E-state index in [9.17, 15) is 0 Å². The first-order valence-electron chi connectivity index (χ1n) is 16.3. The fourth-order valence-corrected chi connectivity index (χ4v) is 5.08. The van der Waals surface area contributed by atoms with E-state index in [-0.39, 0.29) is 59.4 Å². The van der Waals surface area contributed by atoms with Gasteiger partial charge in [0.1, 0.15) is 0 Å². The van der Waals surface area contributed by atoms with Crippen molar-refractivity contribution in [3.05, 3.63) is 0 Å². The molecule has 0 heteroatoms. The van der Waals surface area contributed by atoms with Crippen molar-refractivity contribution in [1.82, 2.24) is 0 Å². The molecule has 0 unspecified atom stereocenters. The van der Waals surface area contributed by atoms with Crippen LogP contribution >= 0.6 is 0 Å². The van der Waals surface area contributed by atoms with Gasteiger partial charge in [0.05, 0.1) is 0 Å². The van der Waals surface area contributed by atoms with Crippen molar-refractivity contribution in [2.24, 2.45) is 43.3 Å². The maximum Gasteiger partial charge on any atom is -0.0378 e. The van der Waals surface area contributed by atoms with Gasteiger partial charge in [-0.1, -0.05) is 232 Å². The van der Waals surface area contributed by atoms with Crippen LogP contribution in [0.5, 0.6) is 0 Å². The van der Waals surface area contributed by atoms with Crippen LogP contribution in [0.15, 0.2) is 0 Å². The molecular formula is C47H118. The minimum Gasteiger partial charge on any atom is -0.0776 e. The molecule has 0 aliphatic heterocycles. The van der Waals surface area contributed by atoms with Crippen molar-refractivity contribution < 1.29 is 0 Å². The Morgan fingerprint density at radius 1 is 0.191 bits per heavy atom. The number of hydrogen-bond donors (Lipinski definition) is 0. The van der Waals surface area contributed by atoms with Crippen LogP contribution in [-0.2, 0) is 0 Å². The summed E-state index contributed by atoms with van der Waals surface area (Å²) in [6, 6.07) is 0. The highest BCUT2D eigenvalue weighted by Crippen LogP contribution is 2.33. The Hall–Kier alpha value is 0. The predicted octanol–water partition coefficient (Wildman–Crippen LogP) is 20.1. The molecule has 0 nitrogen and oxygen atoms in total. The summed E-state index contributed by atoms with van der Waals surface area (Å²) in [5.74, 6) is 0. The Kier molecular flexibility index (Phi) is 53.2. The molecule has 0 spiro atoms. The lowest BCUT2D eigenvalue weighted by atomic mass is 9.78. The SMILES string of the molecule is C.C.C.C.C.C.C.C.CC(C)(C)CC(C)(C)C.CC(C)(C)CC(C)(C)C.CC(C)(C)CCC(C)(C)C.CC(C)(C)CCCC(C)(C)C. The van der Waals surface area contributed by atoms with Crippen LogP contribution in [0.1, 0.15) is 271 Å². The van der Waals surface area contributed by atoms with Crippen molar-refractivity contribution in [3.63, 3.8) is 0 Å². The molecule has 0 radical (unpaired) electrons. The third kappa shape index (κ3) is 122. The predicted molar refractivity (Wildman–Crippen MR) is 242 cm³/mol. The Labute approximate surface area is 313 Å². The zero-order valence-corrected chi connectivity index (χ0v) is 32.9. The summed E-state index contributed by atoms with van der Waals surface area (Å²) in [4.78, 5) is 0. The van der Waals surface area contributed by atoms with Gasteiger partial charge in [-0.3, -0.25) is 0 Å². The molecule has 0 fully saturated rings. The van der Waals surface area contributed by atoms with Crippen LogP contribution in [0.3, 0.4) is 0 Å². The highest BCUT2D eigenvalue weighted by molar-refractivity contribution is 4.72. The molecule has 0 bridgehead atoms. The minimum absolute atomic E-state index is 0. The van der Waals surface area contributed by atoms with E-state index >= 15 is 0 Å². The molecule has 0 rings (SSSR count). The molecule has 0 saturated carbocycles. The van der Waals surface area contributed by atoms with Gasteiger partial charge in [-0.25, -0.2) is 0 Å². The van der Waals surface area contributed by atoms with Gasteiger partial charge < -0.3 is 0 Å². The number of hydrogen-bond acceptors (Lipinski definition) is 0. The second-order valence-corrected chi connectivity index (χ2v) is 22.2. The maximum atomic E-state index is 2.32. The van der Waals surface area contributed by atoms with Crippen LogP contribution < -0.4 is 0 Å². The normalized spacial score (nSPS) is 11.5. The van der Waals surface area contributed by atoms with Crippen LogP contribution in [0.25, 0.3) is 0 Å². The van der Waals surface area contributed by atoms with Gasteiger partial charge in [-0.2, -0.15) is 0 Å². The zero-order valence-electron chi connectivity index (χ0n) is 32.9. The molecule has 0 aromatic heterocycles. The average molecular weight is 683 g/mol. The Morgan fingerprint density at radius 3 is 0.383 bits per heavy atom. The van der Waals surface area contributed by atoms with Crippen molar-refractivity contribution in [2.45, 2.75) is 271 Å². The highest BCUT2D eigenvalue weighted by Gasteiger charge is 2.21. The largest absolute Gasteiger partial charge is 0.0776 e. The Morgan fingerprint density at radius 2 is 0.319 bits per heavy atom. The van der Waals surface area contributed by atoms with Crippen molar-refractivity contribution in [1.29, 1.82) is 0 Å². The second-order valence-electron chi connectivity index (χ2n) is 22.2. The van der Waals surface area contributed by atoms with Crippen LogP contribution in [0.4, 0.5) is 0 Å². The average Bonchev–Trinajstić information content (AvgIpc) is 2.43. The molecule has 0 aliphatic rings. The number of rotatable bonds is 3. The molecule has 0 aromatic carbocycles. The third-order valence-corrected chi connectivity index (χ3v) is 5.60. The Bertz CT molecular complexity index is 482. The lowest BCUT2D eigenvalue weighted by Gasteiger charge is -2.28. The summed E-state index contributed by atoms with van der Waals surface area (Å²) >= 11 is 0. The van der Waals surface area contributed by atoms with E-state index in [0.717, 1.165) is 0 Å². The maximum absolute atomic E-state index is 2.32. The Balaban J connectivity index is -0.0000000330. The van der Waals surface area contributed by atoms with E-state index in [1.54, 1.807) is 0 Å². The molecule has 0 N–H and O–H groups in total. The van der Waals surface area contributed by atoms with Gasteiger partial charge in [0, 0.05) is 0 Å². The van der Waals surface area contributed by atoms with E-state index < -0.39 is 0 Å². The molecule has 0 aliphatic carbocycles. The standard InChI is InChI=1S/C11H24.C10H22.2C9H20.8CH4/c1-10(2,3)8-7-9-11(4,5)6;1-9(2,3)7-8-10(4,5)6;2*1-8(2,3)7-9(4,5)6;;;;;;;;/h7-9H2,1-6H3;7-8H2,1-6H3;2*7H2,1-6H3;8*1H4. The van der Waals surface area contributed by atoms with Crippen molar-refractivity contribution in [3.8, 4) is 0 Å². The third-order valence-electron chi connectivity index (χ3n) is 5.60. The van der Waals surface area contributed by atoms with Gasteiger partial charge in [0.25, 0.3) is 0 Å². The molecule has 306 valence electrons.